The number of nitrogens with zero attached hydrogens (tertiary/aromatic N) is 2. The van der Waals surface area contributed by atoms with Crippen molar-refractivity contribution < 1.29 is 18.3 Å². The molecule has 1 atom stereocenters. The molecule has 4 nitrogen and oxygen atoms in total. The zero-order valence-electron chi connectivity index (χ0n) is 18.6. The van der Waals surface area contributed by atoms with Gasteiger partial charge in [0.15, 0.2) is 16.7 Å². The van der Waals surface area contributed by atoms with Crippen molar-refractivity contribution in [3.63, 3.8) is 0 Å². The number of hydrogen-bond donors (Lipinski definition) is 0. The minimum Gasteiger partial charge on any atom is -0.454 e. The number of fused-ring (bicyclic) bond motifs is 2. The van der Waals surface area contributed by atoms with Crippen LogP contribution in [0.25, 0.3) is 5.69 Å². The second-order valence-electron chi connectivity index (χ2n) is 8.58. The number of thioether (sulfide) groups is 1. The summed E-state index contributed by atoms with van der Waals surface area (Å²) in [5, 5.41) is 1.12. The summed E-state index contributed by atoms with van der Waals surface area (Å²) < 4.78 is 41.4. The predicted octanol–water partition coefficient (Wildman–Crippen LogP) is 7.29. The largest absolute Gasteiger partial charge is 0.454 e. The van der Waals surface area contributed by atoms with E-state index in [-0.39, 0.29) is 24.3 Å². The van der Waals surface area contributed by atoms with Crippen molar-refractivity contribution in [2.75, 3.05) is 6.79 Å². The van der Waals surface area contributed by atoms with E-state index in [0.29, 0.717) is 16.3 Å². The van der Waals surface area contributed by atoms with Crippen molar-refractivity contribution in [1.82, 2.24) is 9.55 Å². The minimum absolute atomic E-state index is 0.0807. The molecule has 0 amide bonds. The molecule has 8 heteroatoms. The van der Waals surface area contributed by atoms with Gasteiger partial charge in [0.25, 0.3) is 0 Å². The van der Waals surface area contributed by atoms with Gasteiger partial charge in [-0.2, -0.15) is 0 Å². The Bertz CT molecular complexity index is 1390. The van der Waals surface area contributed by atoms with Crippen molar-refractivity contribution in [3.8, 4) is 17.2 Å². The molecule has 0 bridgehead atoms. The molecule has 1 unspecified atom stereocenters. The van der Waals surface area contributed by atoms with E-state index >= 15 is 0 Å². The van der Waals surface area contributed by atoms with E-state index in [0.717, 1.165) is 58.6 Å². The molecule has 0 radical (unpaired) electrons. The van der Waals surface area contributed by atoms with Crippen molar-refractivity contribution >= 4 is 23.4 Å². The molecule has 2 heterocycles. The van der Waals surface area contributed by atoms with Crippen molar-refractivity contribution in [2.24, 2.45) is 0 Å². The van der Waals surface area contributed by atoms with Gasteiger partial charge < -0.3 is 9.47 Å². The maximum atomic E-state index is 14.5. The van der Waals surface area contributed by atoms with Gasteiger partial charge in [-0.1, -0.05) is 35.5 Å². The highest BCUT2D eigenvalue weighted by Crippen LogP contribution is 2.44. The first-order valence-corrected chi connectivity index (χ1v) is 12.8. The Morgan fingerprint density at radius 2 is 1.86 bits per heavy atom. The molecule has 1 aromatic heterocycles. The number of aromatic nitrogens is 2. The topological polar surface area (TPSA) is 36.3 Å². The third kappa shape index (κ3) is 4.17. The van der Waals surface area contributed by atoms with Crippen LogP contribution in [0.5, 0.6) is 11.5 Å². The molecule has 178 valence electrons. The Balaban J connectivity index is 1.45. The molecule has 0 N–H and O–H groups in total. The average molecular weight is 511 g/mol. The van der Waals surface area contributed by atoms with Crippen LogP contribution >= 0.6 is 23.4 Å². The van der Waals surface area contributed by atoms with Crippen molar-refractivity contribution in [3.05, 3.63) is 99.8 Å². The molecule has 0 saturated heterocycles. The lowest BCUT2D eigenvalue weighted by molar-refractivity contribution is 0.174. The number of halogens is 3. The Labute approximate surface area is 210 Å². The summed E-state index contributed by atoms with van der Waals surface area (Å²) in [5.74, 6) is 1.26. The standard InChI is InChI=1S/C27H21ClF2N2O2S/c28-21-4-2-5-22(30)20(21)14-35-27-31-23-6-1-3-19(16-7-12-24-25(13-16)34-15-33-24)26(23)32(27)18-10-8-17(29)9-11-18/h2,4-5,7-13,19H,1,3,6,14-15H2. The number of rotatable bonds is 5. The molecule has 1 aliphatic carbocycles. The fourth-order valence-corrected chi connectivity index (χ4v) is 6.19. The van der Waals surface area contributed by atoms with Gasteiger partial charge in [-0.05, 0) is 73.4 Å². The first-order chi connectivity index (χ1) is 17.1. The Kier molecular flexibility index (Phi) is 5.90. The van der Waals surface area contributed by atoms with Crippen LogP contribution in [-0.2, 0) is 12.2 Å². The van der Waals surface area contributed by atoms with Crippen molar-refractivity contribution in [2.45, 2.75) is 36.1 Å². The Morgan fingerprint density at radius 3 is 2.69 bits per heavy atom. The summed E-state index contributed by atoms with van der Waals surface area (Å²) >= 11 is 7.70. The molecule has 3 aromatic carbocycles. The van der Waals surface area contributed by atoms with Crippen LogP contribution in [0.4, 0.5) is 8.78 Å². The van der Waals surface area contributed by atoms with Crippen LogP contribution in [0.1, 0.15) is 41.3 Å². The lowest BCUT2D eigenvalue weighted by Gasteiger charge is -2.25. The molecule has 2 aliphatic rings. The van der Waals surface area contributed by atoms with E-state index in [4.69, 9.17) is 26.1 Å². The fraction of sp³-hybridized carbons (Fsp3) is 0.222. The van der Waals surface area contributed by atoms with Gasteiger partial charge in [-0.25, -0.2) is 13.8 Å². The normalized spacial score (nSPS) is 16.4. The van der Waals surface area contributed by atoms with Gasteiger partial charge in [-0.15, -0.1) is 0 Å². The van der Waals surface area contributed by atoms with Crippen LogP contribution in [0.3, 0.4) is 0 Å². The molecule has 4 aromatic rings. The van der Waals surface area contributed by atoms with E-state index < -0.39 is 0 Å². The first kappa shape index (κ1) is 22.4. The summed E-state index contributed by atoms with van der Waals surface area (Å²) in [4.78, 5) is 4.98. The van der Waals surface area contributed by atoms with Crippen LogP contribution < -0.4 is 9.47 Å². The van der Waals surface area contributed by atoms with E-state index in [1.807, 2.05) is 12.1 Å². The maximum absolute atomic E-state index is 14.5. The summed E-state index contributed by atoms with van der Waals surface area (Å²) in [7, 11) is 0. The van der Waals surface area contributed by atoms with Crippen LogP contribution in [0, 0.1) is 11.6 Å². The monoisotopic (exact) mass is 510 g/mol. The summed E-state index contributed by atoms with van der Waals surface area (Å²) in [6.07, 6.45) is 2.79. The highest BCUT2D eigenvalue weighted by molar-refractivity contribution is 7.98. The predicted molar refractivity (Wildman–Crippen MR) is 132 cm³/mol. The van der Waals surface area contributed by atoms with Crippen LogP contribution in [0.2, 0.25) is 5.02 Å². The number of benzene rings is 3. The average Bonchev–Trinajstić information content (AvgIpc) is 3.48. The van der Waals surface area contributed by atoms with Gasteiger partial charge in [0, 0.05) is 27.9 Å². The van der Waals surface area contributed by atoms with Crippen molar-refractivity contribution in [1.29, 1.82) is 0 Å². The van der Waals surface area contributed by atoms with Gasteiger partial charge >= 0.3 is 0 Å². The quantitative estimate of drug-likeness (QED) is 0.264. The molecule has 0 saturated carbocycles. The highest BCUT2D eigenvalue weighted by Gasteiger charge is 2.31. The molecule has 1 aliphatic heterocycles. The number of aryl methyl sites for hydroxylation is 1. The maximum Gasteiger partial charge on any atom is 0.231 e. The van der Waals surface area contributed by atoms with Crippen LogP contribution in [0.15, 0.2) is 65.8 Å². The van der Waals surface area contributed by atoms with E-state index in [1.54, 1.807) is 24.3 Å². The van der Waals surface area contributed by atoms with E-state index in [2.05, 4.69) is 10.6 Å². The zero-order valence-corrected chi connectivity index (χ0v) is 20.2. The number of imidazole rings is 1. The van der Waals surface area contributed by atoms with E-state index in [9.17, 15) is 8.78 Å². The number of ether oxygens (including phenoxy) is 2. The lowest BCUT2D eigenvalue weighted by atomic mass is 9.84. The van der Waals surface area contributed by atoms with E-state index in [1.165, 1.54) is 30.0 Å². The number of hydrogen-bond acceptors (Lipinski definition) is 4. The summed E-state index contributed by atoms with van der Waals surface area (Å²) in [6, 6.07) is 17.1. The highest BCUT2D eigenvalue weighted by atomic mass is 35.5. The molecular formula is C27H21ClF2N2O2S. The van der Waals surface area contributed by atoms with Gasteiger partial charge in [0.1, 0.15) is 11.6 Å². The molecule has 0 fully saturated rings. The third-order valence-electron chi connectivity index (χ3n) is 6.49. The zero-order chi connectivity index (χ0) is 23.9. The summed E-state index contributed by atoms with van der Waals surface area (Å²) in [6.45, 7) is 0.224. The van der Waals surface area contributed by atoms with Gasteiger partial charge in [0.2, 0.25) is 6.79 Å². The van der Waals surface area contributed by atoms with Crippen LogP contribution in [-0.4, -0.2) is 16.3 Å². The fourth-order valence-electron chi connectivity index (χ4n) is 4.80. The summed E-state index contributed by atoms with van der Waals surface area (Å²) in [5.41, 5.74) is 4.45. The third-order valence-corrected chi connectivity index (χ3v) is 7.81. The smallest absolute Gasteiger partial charge is 0.231 e. The second kappa shape index (κ2) is 9.21. The molecule has 0 spiro atoms. The molecular weight excluding hydrogens is 490 g/mol. The SMILES string of the molecule is Fc1ccc(-n2c(SCc3c(F)cccc3Cl)nc3c2C(c2ccc4c(c2)OCO4)CCC3)cc1. The molecule has 6 rings (SSSR count). The molecule has 35 heavy (non-hydrogen) atoms. The van der Waals surface area contributed by atoms with Gasteiger partial charge in [0.05, 0.1) is 11.4 Å². The minimum atomic E-state index is -0.340. The second-order valence-corrected chi connectivity index (χ2v) is 9.93. The Morgan fingerprint density at radius 1 is 1.03 bits per heavy atom. The Hall–Kier alpha value is -3.03. The first-order valence-electron chi connectivity index (χ1n) is 11.4. The van der Waals surface area contributed by atoms with Gasteiger partial charge in [-0.3, -0.25) is 4.57 Å². The lowest BCUT2D eigenvalue weighted by Crippen LogP contribution is -2.15.